The van der Waals surface area contributed by atoms with Gasteiger partial charge in [-0.15, -0.1) is 0 Å². The maximum absolute atomic E-state index is 12.4. The van der Waals surface area contributed by atoms with Crippen LogP contribution < -0.4 is 5.73 Å². The summed E-state index contributed by atoms with van der Waals surface area (Å²) >= 11 is 0. The predicted octanol–water partition coefficient (Wildman–Crippen LogP) is 3.99. The van der Waals surface area contributed by atoms with Crippen LogP contribution in [0.15, 0.2) is 48.5 Å². The maximum atomic E-state index is 12.4. The van der Waals surface area contributed by atoms with Gasteiger partial charge in [0.05, 0.1) is 0 Å². The second-order valence-corrected chi connectivity index (χ2v) is 6.14. The third-order valence-electron chi connectivity index (χ3n) is 3.43. The van der Waals surface area contributed by atoms with E-state index in [2.05, 4.69) is 20.8 Å². The number of hydrogen-bond acceptors (Lipinski definition) is 2. The first-order valence-corrected chi connectivity index (χ1v) is 6.85. The fourth-order valence-corrected chi connectivity index (χ4v) is 2.14. The highest BCUT2D eigenvalue weighted by Crippen LogP contribution is 2.26. The monoisotopic (exact) mass is 267 g/mol. The predicted molar refractivity (Wildman–Crippen MR) is 84.0 cm³/mol. The fraction of sp³-hybridized carbons (Fsp3) is 0.278. The van der Waals surface area contributed by atoms with E-state index < -0.39 is 0 Å². The Balaban J connectivity index is 2.30. The zero-order valence-corrected chi connectivity index (χ0v) is 12.3. The van der Waals surface area contributed by atoms with Crippen molar-refractivity contribution >= 4 is 11.5 Å². The van der Waals surface area contributed by atoms with E-state index in [0.29, 0.717) is 17.7 Å². The first-order chi connectivity index (χ1) is 9.38. The van der Waals surface area contributed by atoms with Crippen LogP contribution in [0.5, 0.6) is 0 Å². The van der Waals surface area contributed by atoms with Crippen molar-refractivity contribution in [3.63, 3.8) is 0 Å². The van der Waals surface area contributed by atoms with Crippen molar-refractivity contribution in [3.8, 4) is 0 Å². The Morgan fingerprint density at radius 2 is 1.70 bits per heavy atom. The largest absolute Gasteiger partial charge is 0.398 e. The van der Waals surface area contributed by atoms with Gasteiger partial charge in [0, 0.05) is 17.7 Å². The quantitative estimate of drug-likeness (QED) is 0.675. The number of nitrogens with two attached hydrogens (primary N) is 1. The molecule has 0 saturated carbocycles. The van der Waals surface area contributed by atoms with E-state index in [4.69, 9.17) is 5.73 Å². The van der Waals surface area contributed by atoms with Crippen LogP contribution in [0, 0.1) is 0 Å². The zero-order valence-electron chi connectivity index (χ0n) is 12.3. The van der Waals surface area contributed by atoms with Gasteiger partial charge in [0.2, 0.25) is 0 Å². The normalized spacial score (nSPS) is 11.3. The molecule has 2 rings (SSSR count). The zero-order chi connectivity index (χ0) is 14.8. The van der Waals surface area contributed by atoms with E-state index in [9.17, 15) is 4.79 Å². The average molecular weight is 267 g/mol. The second-order valence-electron chi connectivity index (χ2n) is 6.14. The minimum Gasteiger partial charge on any atom is -0.398 e. The Morgan fingerprint density at radius 1 is 1.05 bits per heavy atom. The number of hydrogen-bond donors (Lipinski definition) is 1. The molecule has 2 nitrogen and oxygen atoms in total. The minimum atomic E-state index is 0.00940. The number of nitrogen functional groups attached to an aromatic ring is 1. The maximum Gasteiger partial charge on any atom is 0.169 e. The van der Waals surface area contributed by atoms with Gasteiger partial charge in [-0.05, 0) is 28.7 Å². The fourth-order valence-electron chi connectivity index (χ4n) is 2.14. The molecule has 2 heteroatoms. The molecule has 2 aromatic carbocycles. The third kappa shape index (κ3) is 3.27. The summed E-state index contributed by atoms with van der Waals surface area (Å²) in [5, 5.41) is 0. The first-order valence-electron chi connectivity index (χ1n) is 6.85. The van der Waals surface area contributed by atoms with Gasteiger partial charge in [0.15, 0.2) is 5.78 Å². The molecule has 0 aliphatic carbocycles. The highest BCUT2D eigenvalue weighted by atomic mass is 16.1. The van der Waals surface area contributed by atoms with Gasteiger partial charge in [0.1, 0.15) is 0 Å². The Bertz CT molecular complexity index is 609. The Morgan fingerprint density at radius 3 is 2.30 bits per heavy atom. The smallest absolute Gasteiger partial charge is 0.169 e. The number of ketones is 1. The molecule has 20 heavy (non-hydrogen) atoms. The Hall–Kier alpha value is -2.09. The van der Waals surface area contributed by atoms with E-state index in [-0.39, 0.29) is 11.2 Å². The molecule has 104 valence electrons. The molecule has 0 bridgehead atoms. The number of benzene rings is 2. The van der Waals surface area contributed by atoms with Gasteiger partial charge in [-0.2, -0.15) is 0 Å². The molecule has 2 aromatic rings. The number of rotatable bonds is 3. The summed E-state index contributed by atoms with van der Waals surface area (Å²) < 4.78 is 0. The third-order valence-corrected chi connectivity index (χ3v) is 3.43. The van der Waals surface area contributed by atoms with Gasteiger partial charge in [-0.1, -0.05) is 57.2 Å². The number of carbonyl (C=O) groups is 1. The van der Waals surface area contributed by atoms with Crippen LogP contribution in [-0.2, 0) is 11.8 Å². The summed E-state index contributed by atoms with van der Waals surface area (Å²) in [4.78, 5) is 12.4. The molecule has 0 unspecified atom stereocenters. The SMILES string of the molecule is CC(C)(C)c1ccc(N)c(C(=O)Cc2ccccc2)c1. The van der Waals surface area contributed by atoms with Crippen molar-refractivity contribution < 1.29 is 4.79 Å². The van der Waals surface area contributed by atoms with Crippen molar-refractivity contribution in [1.82, 2.24) is 0 Å². The molecule has 0 fully saturated rings. The summed E-state index contributed by atoms with van der Waals surface area (Å²) in [5.74, 6) is 0.0693. The summed E-state index contributed by atoms with van der Waals surface area (Å²) in [6, 6.07) is 15.5. The van der Waals surface area contributed by atoms with Crippen molar-refractivity contribution in [2.24, 2.45) is 0 Å². The van der Waals surface area contributed by atoms with Crippen molar-refractivity contribution in [2.45, 2.75) is 32.6 Å². The van der Waals surface area contributed by atoms with E-state index in [0.717, 1.165) is 11.1 Å². The van der Waals surface area contributed by atoms with Crippen LogP contribution in [0.25, 0.3) is 0 Å². The van der Waals surface area contributed by atoms with Crippen molar-refractivity contribution in [2.75, 3.05) is 5.73 Å². The van der Waals surface area contributed by atoms with E-state index in [1.54, 1.807) is 0 Å². The lowest BCUT2D eigenvalue weighted by Gasteiger charge is -2.20. The molecule has 0 aliphatic heterocycles. The Labute approximate surface area is 120 Å². The van der Waals surface area contributed by atoms with E-state index in [1.165, 1.54) is 0 Å². The summed E-state index contributed by atoms with van der Waals surface area (Å²) in [5.41, 5.74) is 9.30. The van der Waals surface area contributed by atoms with Crippen LogP contribution in [0.3, 0.4) is 0 Å². The van der Waals surface area contributed by atoms with Crippen LogP contribution in [0.1, 0.15) is 42.3 Å². The molecule has 2 N–H and O–H groups in total. The topological polar surface area (TPSA) is 43.1 Å². The van der Waals surface area contributed by atoms with Crippen LogP contribution in [0.4, 0.5) is 5.69 Å². The molecule has 0 saturated heterocycles. The van der Waals surface area contributed by atoms with Crippen LogP contribution in [0.2, 0.25) is 0 Å². The Kier molecular flexibility index (Phi) is 3.93. The standard InChI is InChI=1S/C18H21NO/c1-18(2,3)14-9-10-16(19)15(12-14)17(20)11-13-7-5-4-6-8-13/h4-10,12H,11,19H2,1-3H3. The molecule has 0 atom stereocenters. The van der Waals surface area contributed by atoms with Gasteiger partial charge < -0.3 is 5.73 Å². The number of Topliss-reactive ketones (excluding diaryl/α,β-unsaturated/α-hetero) is 1. The molecule has 0 heterocycles. The molecular formula is C18H21NO. The number of carbonyl (C=O) groups excluding carboxylic acids is 1. The molecule has 0 spiro atoms. The molecular weight excluding hydrogens is 246 g/mol. The van der Waals surface area contributed by atoms with Gasteiger partial charge in [-0.3, -0.25) is 4.79 Å². The molecule has 0 aliphatic rings. The molecule has 0 radical (unpaired) electrons. The van der Waals surface area contributed by atoms with Crippen LogP contribution >= 0.6 is 0 Å². The summed E-state index contributed by atoms with van der Waals surface area (Å²) in [6.07, 6.45) is 0.388. The summed E-state index contributed by atoms with van der Waals surface area (Å²) in [6.45, 7) is 6.39. The highest BCUT2D eigenvalue weighted by molar-refractivity contribution is 6.02. The highest BCUT2D eigenvalue weighted by Gasteiger charge is 2.17. The van der Waals surface area contributed by atoms with Crippen LogP contribution in [-0.4, -0.2) is 5.78 Å². The number of anilines is 1. The van der Waals surface area contributed by atoms with E-state index in [1.807, 2.05) is 48.5 Å². The first kappa shape index (κ1) is 14.3. The molecule has 0 aromatic heterocycles. The van der Waals surface area contributed by atoms with Crippen molar-refractivity contribution in [3.05, 3.63) is 65.2 Å². The lowest BCUT2D eigenvalue weighted by molar-refractivity contribution is 0.0993. The average Bonchev–Trinajstić information content (AvgIpc) is 2.39. The minimum absolute atomic E-state index is 0.00940. The van der Waals surface area contributed by atoms with Crippen molar-refractivity contribution in [1.29, 1.82) is 0 Å². The van der Waals surface area contributed by atoms with Gasteiger partial charge >= 0.3 is 0 Å². The van der Waals surface area contributed by atoms with Gasteiger partial charge in [0.25, 0.3) is 0 Å². The van der Waals surface area contributed by atoms with Gasteiger partial charge in [-0.25, -0.2) is 0 Å². The second kappa shape index (κ2) is 5.49. The molecule has 0 amide bonds. The lowest BCUT2D eigenvalue weighted by Crippen LogP contribution is -2.14. The lowest BCUT2D eigenvalue weighted by atomic mass is 9.85. The van der Waals surface area contributed by atoms with E-state index >= 15 is 0 Å². The summed E-state index contributed by atoms with van der Waals surface area (Å²) in [7, 11) is 0.